The highest BCUT2D eigenvalue weighted by Crippen LogP contribution is 2.49. The average molecular weight is 500 g/mol. The van der Waals surface area contributed by atoms with Crippen molar-refractivity contribution in [3.05, 3.63) is 114 Å². The van der Waals surface area contributed by atoms with E-state index in [1.54, 1.807) is 10.8 Å². The smallest absolute Gasteiger partial charge is 0.230 e. The van der Waals surface area contributed by atoms with E-state index >= 15 is 0 Å². The van der Waals surface area contributed by atoms with Crippen LogP contribution in [0.15, 0.2) is 91.3 Å². The summed E-state index contributed by atoms with van der Waals surface area (Å²) in [5.74, 6) is 1.65. The Balaban J connectivity index is 1.44. The molecule has 0 saturated heterocycles. The van der Waals surface area contributed by atoms with Crippen LogP contribution in [-0.2, 0) is 0 Å². The van der Waals surface area contributed by atoms with Gasteiger partial charge in [-0.05, 0) is 48.9 Å². The third kappa shape index (κ3) is 3.45. The number of ether oxygens (including phenoxy) is 1. The first-order valence-electron chi connectivity index (χ1n) is 12.5. The van der Waals surface area contributed by atoms with Crippen LogP contribution in [0.3, 0.4) is 0 Å². The van der Waals surface area contributed by atoms with Crippen LogP contribution >= 0.6 is 0 Å². The van der Waals surface area contributed by atoms with Crippen molar-refractivity contribution in [2.75, 3.05) is 19.0 Å². The maximum Gasteiger partial charge on any atom is 0.230 e. The summed E-state index contributed by atoms with van der Waals surface area (Å²) in [5.41, 5.74) is 7.59. The predicted octanol–water partition coefficient (Wildman–Crippen LogP) is 5.64. The molecule has 3 aromatic heterocycles. The summed E-state index contributed by atoms with van der Waals surface area (Å²) in [5, 5.41) is 9.67. The Morgan fingerprint density at radius 3 is 2.24 bits per heavy atom. The highest BCUT2D eigenvalue weighted by Gasteiger charge is 2.38. The van der Waals surface area contributed by atoms with E-state index in [0.717, 1.165) is 39.3 Å². The molecular weight excluding hydrogens is 474 g/mol. The Labute approximate surface area is 219 Å². The van der Waals surface area contributed by atoms with Gasteiger partial charge in [0.2, 0.25) is 11.8 Å². The van der Waals surface area contributed by atoms with Crippen LogP contribution in [0.2, 0.25) is 0 Å². The Hall–Kier alpha value is -4.98. The number of aryl methyl sites for hydroxylation is 1. The largest absolute Gasteiger partial charge is 0.420 e. The number of hydrogen-bond donors (Lipinski definition) is 0. The zero-order valence-electron chi connectivity index (χ0n) is 21.3. The van der Waals surface area contributed by atoms with E-state index in [2.05, 4.69) is 41.3 Å². The fourth-order valence-electron chi connectivity index (χ4n) is 5.13. The molecule has 4 heterocycles. The molecule has 3 aromatic carbocycles. The van der Waals surface area contributed by atoms with Crippen LogP contribution in [0.25, 0.3) is 22.7 Å². The van der Waals surface area contributed by atoms with E-state index in [1.807, 2.05) is 74.2 Å². The van der Waals surface area contributed by atoms with E-state index < -0.39 is 0 Å². The van der Waals surface area contributed by atoms with Crippen molar-refractivity contribution in [2.45, 2.75) is 12.8 Å². The summed E-state index contributed by atoms with van der Waals surface area (Å²) < 4.78 is 10.1. The van der Waals surface area contributed by atoms with Crippen molar-refractivity contribution in [2.24, 2.45) is 0 Å². The van der Waals surface area contributed by atoms with Gasteiger partial charge in [0.05, 0.1) is 28.4 Å². The molecule has 8 nitrogen and oxygen atoms in total. The molecule has 0 saturated carbocycles. The number of fused-ring (bicyclic) bond motifs is 4. The van der Waals surface area contributed by atoms with Crippen molar-refractivity contribution in [3.8, 4) is 28.8 Å². The first-order chi connectivity index (χ1) is 18.6. The summed E-state index contributed by atoms with van der Waals surface area (Å²) in [6.45, 7) is 2.03. The van der Waals surface area contributed by atoms with Gasteiger partial charge in [0.15, 0.2) is 11.5 Å². The molecule has 8 heteroatoms. The number of nitrogens with zero attached hydrogens (tertiary/aromatic N) is 7. The Morgan fingerprint density at radius 2 is 1.53 bits per heavy atom. The lowest BCUT2D eigenvalue weighted by Gasteiger charge is -2.26. The molecule has 1 aliphatic heterocycles. The number of anilines is 1. The van der Waals surface area contributed by atoms with Gasteiger partial charge in [-0.25, -0.2) is 19.2 Å². The van der Waals surface area contributed by atoms with Crippen LogP contribution in [-0.4, -0.2) is 43.5 Å². The number of benzene rings is 3. The first kappa shape index (κ1) is 22.2. The predicted molar refractivity (Wildman–Crippen MR) is 146 cm³/mol. The van der Waals surface area contributed by atoms with Crippen molar-refractivity contribution in [1.29, 1.82) is 0 Å². The molecular formula is C30H25N7O. The van der Waals surface area contributed by atoms with Gasteiger partial charge >= 0.3 is 0 Å². The standard InChI is InChI=1S/C30H25N7O/c1-19-24-25(20-10-6-4-7-11-20)26-28-32-27(21-14-16-22(17-15-21)35(2)3)34-36(28)18-31-29(26)38-30(24)37(33-19)23-12-8-5-9-13-23/h4-18,25H,1-3H3/t25-/m1/s1. The summed E-state index contributed by atoms with van der Waals surface area (Å²) >= 11 is 0. The number of rotatable bonds is 4. The monoisotopic (exact) mass is 499 g/mol. The number of para-hydroxylation sites is 1. The van der Waals surface area contributed by atoms with Gasteiger partial charge in [-0.15, -0.1) is 5.10 Å². The van der Waals surface area contributed by atoms with Gasteiger partial charge in [0.25, 0.3) is 0 Å². The van der Waals surface area contributed by atoms with Crippen molar-refractivity contribution < 1.29 is 4.74 Å². The molecule has 6 aromatic rings. The van der Waals surface area contributed by atoms with E-state index in [-0.39, 0.29) is 5.92 Å². The van der Waals surface area contributed by atoms with Crippen LogP contribution in [0.4, 0.5) is 5.69 Å². The van der Waals surface area contributed by atoms with Gasteiger partial charge in [0.1, 0.15) is 6.33 Å². The Morgan fingerprint density at radius 1 is 0.816 bits per heavy atom. The summed E-state index contributed by atoms with van der Waals surface area (Å²) in [6, 6.07) is 28.6. The third-order valence-corrected chi connectivity index (χ3v) is 7.00. The minimum Gasteiger partial charge on any atom is -0.420 e. The van der Waals surface area contributed by atoms with Gasteiger partial charge in [-0.1, -0.05) is 48.5 Å². The molecule has 0 amide bonds. The minimum atomic E-state index is -0.170. The van der Waals surface area contributed by atoms with E-state index in [4.69, 9.17) is 24.9 Å². The molecule has 0 radical (unpaired) electrons. The first-order valence-corrected chi connectivity index (χ1v) is 12.5. The van der Waals surface area contributed by atoms with E-state index in [1.165, 1.54) is 0 Å². The van der Waals surface area contributed by atoms with Crippen molar-refractivity contribution in [3.63, 3.8) is 0 Å². The van der Waals surface area contributed by atoms with Crippen LogP contribution in [0.5, 0.6) is 11.8 Å². The highest BCUT2D eigenvalue weighted by molar-refractivity contribution is 5.69. The fraction of sp³-hybridized carbons (Fsp3) is 0.133. The van der Waals surface area contributed by atoms with E-state index in [0.29, 0.717) is 23.2 Å². The second-order valence-corrected chi connectivity index (χ2v) is 9.61. The molecule has 1 atom stereocenters. The maximum absolute atomic E-state index is 6.50. The van der Waals surface area contributed by atoms with Crippen molar-refractivity contribution >= 4 is 11.3 Å². The van der Waals surface area contributed by atoms with Gasteiger partial charge in [-0.2, -0.15) is 5.10 Å². The van der Waals surface area contributed by atoms with Gasteiger partial charge in [-0.3, -0.25) is 0 Å². The van der Waals surface area contributed by atoms with Crippen molar-refractivity contribution in [1.82, 2.24) is 29.4 Å². The molecule has 0 bridgehead atoms. The molecule has 0 aliphatic carbocycles. The molecule has 0 fully saturated rings. The van der Waals surface area contributed by atoms with Crippen LogP contribution in [0, 0.1) is 6.92 Å². The molecule has 1 aliphatic rings. The van der Waals surface area contributed by atoms with Gasteiger partial charge < -0.3 is 9.64 Å². The molecule has 0 spiro atoms. The lowest BCUT2D eigenvalue weighted by molar-refractivity contribution is 0.402. The maximum atomic E-state index is 6.50. The van der Waals surface area contributed by atoms with Crippen LogP contribution in [0.1, 0.15) is 28.3 Å². The normalized spacial score (nSPS) is 14.1. The highest BCUT2D eigenvalue weighted by atomic mass is 16.5. The summed E-state index contributed by atoms with van der Waals surface area (Å²) in [6.07, 6.45) is 1.67. The third-order valence-electron chi connectivity index (χ3n) is 7.00. The van der Waals surface area contributed by atoms with Gasteiger partial charge in [0, 0.05) is 25.3 Å². The topological polar surface area (TPSA) is 73.4 Å². The molecule has 0 N–H and O–H groups in total. The zero-order chi connectivity index (χ0) is 25.8. The SMILES string of the molecule is Cc1nn(-c2ccccc2)c2c1[C@@H](c1ccccc1)c1c(ncn3nc(-c4ccc(N(C)C)cc4)nc13)O2. The van der Waals surface area contributed by atoms with Crippen LogP contribution < -0.4 is 9.64 Å². The Kier molecular flexibility index (Phi) is 5.00. The average Bonchev–Trinajstić information content (AvgIpc) is 3.54. The van der Waals surface area contributed by atoms with E-state index in [9.17, 15) is 0 Å². The number of hydrogen-bond acceptors (Lipinski definition) is 6. The molecule has 7 rings (SSSR count). The minimum absolute atomic E-state index is 0.170. The second-order valence-electron chi connectivity index (χ2n) is 9.61. The Bertz CT molecular complexity index is 1770. The quantitative estimate of drug-likeness (QED) is 0.312. The molecule has 186 valence electrons. The molecule has 0 unspecified atom stereocenters. The number of aromatic nitrogens is 6. The lowest BCUT2D eigenvalue weighted by atomic mass is 9.84. The lowest BCUT2D eigenvalue weighted by Crippen LogP contribution is -2.16. The second kappa shape index (κ2) is 8.55. The zero-order valence-corrected chi connectivity index (χ0v) is 21.3. The summed E-state index contributed by atoms with van der Waals surface area (Å²) in [7, 11) is 4.05. The summed E-state index contributed by atoms with van der Waals surface area (Å²) in [4.78, 5) is 11.8. The molecule has 38 heavy (non-hydrogen) atoms. The fourth-order valence-corrected chi connectivity index (χ4v) is 5.13.